The second-order valence-electron chi connectivity index (χ2n) is 5.66. The fourth-order valence-corrected chi connectivity index (χ4v) is 3.10. The molecule has 0 heterocycles. The van der Waals surface area contributed by atoms with Gasteiger partial charge in [0.1, 0.15) is 0 Å². The minimum absolute atomic E-state index is 0.263. The first kappa shape index (κ1) is 15.0. The van der Waals surface area contributed by atoms with Gasteiger partial charge in [-0.2, -0.15) is 0 Å². The molecular weight excluding hydrogens is 252 g/mol. The van der Waals surface area contributed by atoms with Crippen molar-refractivity contribution in [3.63, 3.8) is 0 Å². The van der Waals surface area contributed by atoms with Gasteiger partial charge < -0.3 is 9.84 Å². The molecule has 1 aromatic rings. The number of hydrogen-bond acceptors (Lipinski definition) is 3. The van der Waals surface area contributed by atoms with E-state index in [1.165, 1.54) is 0 Å². The lowest BCUT2D eigenvalue weighted by atomic mass is 9.73. The van der Waals surface area contributed by atoms with E-state index in [9.17, 15) is 9.90 Å². The van der Waals surface area contributed by atoms with Gasteiger partial charge in [0.05, 0.1) is 18.1 Å². The summed E-state index contributed by atoms with van der Waals surface area (Å²) in [5, 5.41) is 10.9. The molecule has 0 aliphatic heterocycles. The van der Waals surface area contributed by atoms with Crippen molar-refractivity contribution in [2.75, 3.05) is 6.61 Å². The minimum Gasteiger partial charge on any atom is -0.466 e. The molecule has 0 aromatic heterocycles. The van der Waals surface area contributed by atoms with E-state index in [2.05, 4.69) is 0 Å². The molecule has 1 aromatic carbocycles. The van der Waals surface area contributed by atoms with Gasteiger partial charge in [0.15, 0.2) is 0 Å². The molecule has 0 bridgehead atoms. The summed E-state index contributed by atoms with van der Waals surface area (Å²) in [5.41, 5.74) is 0.171. The predicted molar refractivity (Wildman–Crippen MR) is 78.3 cm³/mol. The van der Waals surface area contributed by atoms with Crippen LogP contribution in [0.3, 0.4) is 0 Å². The van der Waals surface area contributed by atoms with Crippen molar-refractivity contribution >= 4 is 5.97 Å². The summed E-state index contributed by atoms with van der Waals surface area (Å²) >= 11 is 0. The van der Waals surface area contributed by atoms with E-state index in [0.29, 0.717) is 25.9 Å². The number of hydrogen-bond donors (Lipinski definition) is 1. The van der Waals surface area contributed by atoms with Gasteiger partial charge in [-0.25, -0.2) is 0 Å². The minimum atomic E-state index is -0.902. The molecule has 1 aliphatic carbocycles. The van der Waals surface area contributed by atoms with Gasteiger partial charge in [-0.05, 0) is 31.7 Å². The second-order valence-corrected chi connectivity index (χ2v) is 5.66. The molecule has 1 aliphatic rings. The first-order valence-electron chi connectivity index (χ1n) is 7.58. The van der Waals surface area contributed by atoms with Crippen molar-refractivity contribution in [2.24, 2.45) is 5.92 Å². The number of rotatable bonds is 5. The van der Waals surface area contributed by atoms with Gasteiger partial charge in [0.2, 0.25) is 0 Å². The Bertz CT molecular complexity index is 421. The molecule has 1 saturated carbocycles. The highest BCUT2D eigenvalue weighted by Gasteiger charge is 2.42. The first-order valence-corrected chi connectivity index (χ1v) is 7.58. The van der Waals surface area contributed by atoms with Gasteiger partial charge in [0.25, 0.3) is 0 Å². The quantitative estimate of drug-likeness (QED) is 0.841. The molecule has 110 valence electrons. The summed E-state index contributed by atoms with van der Waals surface area (Å²) in [7, 11) is 0. The third-order valence-electron chi connectivity index (χ3n) is 4.22. The van der Waals surface area contributed by atoms with E-state index < -0.39 is 11.5 Å². The van der Waals surface area contributed by atoms with E-state index in [1.807, 2.05) is 37.3 Å². The number of carbonyl (C=O) groups is 1. The number of aliphatic hydroxyl groups is 1. The van der Waals surface area contributed by atoms with Crippen LogP contribution in [0.1, 0.15) is 44.6 Å². The fraction of sp³-hybridized carbons (Fsp3) is 0.588. The van der Waals surface area contributed by atoms with Crippen LogP contribution in [0, 0.1) is 5.92 Å². The normalized spacial score (nSPS) is 19.3. The Balaban J connectivity index is 2.17. The van der Waals surface area contributed by atoms with E-state index >= 15 is 0 Å². The standard InChI is InChI=1S/C17H24O3/c1-2-20-16(18)15(13-14-9-5-3-6-10-14)17(19)11-7-4-8-12-17/h3,5-6,9-10,15,19H,2,4,7-8,11-13H2,1H3/t15-/m1/s1. The SMILES string of the molecule is CCOC(=O)[C@@H](Cc1ccccc1)C1(O)CCCCC1. The molecule has 1 N–H and O–H groups in total. The Morgan fingerprint density at radius 1 is 1.25 bits per heavy atom. The zero-order valence-electron chi connectivity index (χ0n) is 12.2. The van der Waals surface area contributed by atoms with Gasteiger partial charge in [-0.1, -0.05) is 49.6 Å². The average molecular weight is 276 g/mol. The van der Waals surface area contributed by atoms with Gasteiger partial charge in [0, 0.05) is 0 Å². The van der Waals surface area contributed by atoms with Gasteiger partial charge >= 0.3 is 5.97 Å². The largest absolute Gasteiger partial charge is 0.466 e. The highest BCUT2D eigenvalue weighted by atomic mass is 16.5. The number of benzene rings is 1. The summed E-state index contributed by atoms with van der Waals surface area (Å²) < 4.78 is 5.20. The lowest BCUT2D eigenvalue weighted by Crippen LogP contribution is -2.45. The van der Waals surface area contributed by atoms with Crippen LogP contribution in [-0.4, -0.2) is 23.3 Å². The summed E-state index contributed by atoms with van der Waals surface area (Å²) in [6.45, 7) is 2.17. The molecule has 3 nitrogen and oxygen atoms in total. The highest BCUT2D eigenvalue weighted by molar-refractivity contribution is 5.74. The Kier molecular flexibility index (Phi) is 5.18. The van der Waals surface area contributed by atoms with Crippen LogP contribution in [0.25, 0.3) is 0 Å². The Labute approximate surface area is 121 Å². The van der Waals surface area contributed by atoms with E-state index in [-0.39, 0.29) is 5.97 Å². The van der Waals surface area contributed by atoms with Crippen LogP contribution in [-0.2, 0) is 16.0 Å². The molecule has 2 rings (SSSR count). The maximum atomic E-state index is 12.3. The van der Waals surface area contributed by atoms with Crippen LogP contribution in [0.4, 0.5) is 0 Å². The van der Waals surface area contributed by atoms with Crippen LogP contribution < -0.4 is 0 Å². The third-order valence-corrected chi connectivity index (χ3v) is 4.22. The van der Waals surface area contributed by atoms with E-state index in [1.54, 1.807) is 0 Å². The molecule has 0 spiro atoms. The molecule has 20 heavy (non-hydrogen) atoms. The van der Waals surface area contributed by atoms with Crippen molar-refractivity contribution < 1.29 is 14.6 Å². The van der Waals surface area contributed by atoms with Crippen molar-refractivity contribution in [3.8, 4) is 0 Å². The van der Waals surface area contributed by atoms with Crippen molar-refractivity contribution in [1.82, 2.24) is 0 Å². The molecule has 3 heteroatoms. The average Bonchev–Trinajstić information content (AvgIpc) is 2.47. The smallest absolute Gasteiger partial charge is 0.312 e. The Hall–Kier alpha value is -1.35. The van der Waals surface area contributed by atoms with Gasteiger partial charge in [-0.15, -0.1) is 0 Å². The van der Waals surface area contributed by atoms with Crippen molar-refractivity contribution in [2.45, 2.75) is 51.0 Å². The topological polar surface area (TPSA) is 46.5 Å². The number of ether oxygens (including phenoxy) is 1. The summed E-state index contributed by atoms with van der Waals surface area (Å²) in [4.78, 5) is 12.3. The molecule has 0 unspecified atom stereocenters. The van der Waals surface area contributed by atoms with Gasteiger partial charge in [-0.3, -0.25) is 4.79 Å². The third kappa shape index (κ3) is 3.60. The lowest BCUT2D eigenvalue weighted by Gasteiger charge is -2.38. The molecular formula is C17H24O3. The van der Waals surface area contributed by atoms with Crippen LogP contribution in [0.2, 0.25) is 0 Å². The van der Waals surface area contributed by atoms with Crippen LogP contribution in [0.15, 0.2) is 30.3 Å². The summed E-state index contributed by atoms with van der Waals surface area (Å²) in [6, 6.07) is 9.87. The highest BCUT2D eigenvalue weighted by Crippen LogP contribution is 2.36. The summed E-state index contributed by atoms with van der Waals surface area (Å²) in [5.74, 6) is -0.717. The Morgan fingerprint density at radius 2 is 1.90 bits per heavy atom. The first-order chi connectivity index (χ1) is 9.65. The van der Waals surface area contributed by atoms with Crippen molar-refractivity contribution in [3.05, 3.63) is 35.9 Å². The number of esters is 1. The fourth-order valence-electron chi connectivity index (χ4n) is 3.10. The van der Waals surface area contributed by atoms with Crippen LogP contribution in [0.5, 0.6) is 0 Å². The van der Waals surface area contributed by atoms with Crippen LogP contribution >= 0.6 is 0 Å². The van der Waals surface area contributed by atoms with Crippen molar-refractivity contribution in [1.29, 1.82) is 0 Å². The molecule has 0 amide bonds. The monoisotopic (exact) mass is 276 g/mol. The lowest BCUT2D eigenvalue weighted by molar-refractivity contribution is -0.161. The molecule has 0 saturated heterocycles. The zero-order valence-corrected chi connectivity index (χ0v) is 12.2. The second kappa shape index (κ2) is 6.89. The maximum Gasteiger partial charge on any atom is 0.312 e. The Morgan fingerprint density at radius 3 is 2.50 bits per heavy atom. The maximum absolute atomic E-state index is 12.3. The molecule has 0 radical (unpaired) electrons. The number of carbonyl (C=O) groups excluding carboxylic acids is 1. The zero-order chi connectivity index (χ0) is 14.4. The molecule has 1 atom stereocenters. The van der Waals surface area contributed by atoms with E-state index in [0.717, 1.165) is 24.8 Å². The van der Waals surface area contributed by atoms with E-state index in [4.69, 9.17) is 4.74 Å². The predicted octanol–water partition coefficient (Wildman–Crippen LogP) is 3.10. The summed E-state index contributed by atoms with van der Waals surface area (Å²) in [6.07, 6.45) is 5.06. The molecule has 1 fully saturated rings.